The highest BCUT2D eigenvalue weighted by atomic mass is 32.2. The molecule has 10 heteroatoms. The predicted molar refractivity (Wildman–Crippen MR) is 111 cm³/mol. The van der Waals surface area contributed by atoms with Gasteiger partial charge < -0.3 is 5.32 Å². The van der Waals surface area contributed by atoms with Gasteiger partial charge in [0.05, 0.1) is 16.6 Å². The molecule has 8 nitrogen and oxygen atoms in total. The standard InChI is InChI=1S/C18H16N6O2S2/c1-3-8-23-15(26)13-6-4-5-7-14(13)24-17(23)21-22-18(24)28-10-12-9-27-16(20-12)19-11(2)25/h3-7,9H,1,8,10H2,2H3,(H,19,20,25). The Morgan fingerprint density at radius 1 is 1.36 bits per heavy atom. The Kier molecular flexibility index (Phi) is 4.97. The first kappa shape index (κ1) is 18.4. The van der Waals surface area contributed by atoms with Crippen LogP contribution in [-0.4, -0.2) is 30.1 Å². The summed E-state index contributed by atoms with van der Waals surface area (Å²) in [6.45, 7) is 5.53. The lowest BCUT2D eigenvalue weighted by atomic mass is 10.2. The van der Waals surface area contributed by atoms with Crippen molar-refractivity contribution in [1.29, 1.82) is 0 Å². The maximum absolute atomic E-state index is 12.8. The summed E-state index contributed by atoms with van der Waals surface area (Å²) in [6, 6.07) is 7.40. The molecule has 142 valence electrons. The number of amides is 1. The fourth-order valence-electron chi connectivity index (χ4n) is 2.84. The van der Waals surface area contributed by atoms with Crippen molar-refractivity contribution < 1.29 is 4.79 Å². The van der Waals surface area contributed by atoms with Gasteiger partial charge in [0.15, 0.2) is 10.3 Å². The Morgan fingerprint density at radius 3 is 2.96 bits per heavy atom. The second kappa shape index (κ2) is 7.56. The Balaban J connectivity index is 1.74. The van der Waals surface area contributed by atoms with E-state index in [1.165, 1.54) is 30.0 Å². The molecule has 0 bridgehead atoms. The fourth-order valence-corrected chi connectivity index (χ4v) is 4.53. The van der Waals surface area contributed by atoms with Crippen molar-refractivity contribution in [3.63, 3.8) is 0 Å². The molecule has 0 fully saturated rings. The summed E-state index contributed by atoms with van der Waals surface area (Å²) >= 11 is 2.85. The molecule has 1 aromatic carbocycles. The molecular formula is C18H16N6O2S2. The van der Waals surface area contributed by atoms with Gasteiger partial charge in [-0.2, -0.15) is 0 Å². The Bertz CT molecular complexity index is 1260. The number of rotatable bonds is 6. The summed E-state index contributed by atoms with van der Waals surface area (Å²) in [5.41, 5.74) is 1.47. The third-order valence-electron chi connectivity index (χ3n) is 3.97. The van der Waals surface area contributed by atoms with Gasteiger partial charge in [-0.3, -0.25) is 18.6 Å². The molecule has 0 radical (unpaired) electrons. The van der Waals surface area contributed by atoms with Gasteiger partial charge in [-0.25, -0.2) is 4.98 Å². The van der Waals surface area contributed by atoms with Gasteiger partial charge in [-0.15, -0.1) is 28.1 Å². The van der Waals surface area contributed by atoms with E-state index in [2.05, 4.69) is 27.1 Å². The first-order valence-corrected chi connectivity index (χ1v) is 10.3. The van der Waals surface area contributed by atoms with Crippen LogP contribution in [0.5, 0.6) is 0 Å². The number of benzene rings is 1. The average Bonchev–Trinajstić information content (AvgIpc) is 3.30. The van der Waals surface area contributed by atoms with Crippen molar-refractivity contribution in [2.75, 3.05) is 5.32 Å². The van der Waals surface area contributed by atoms with E-state index in [1.54, 1.807) is 16.7 Å². The summed E-state index contributed by atoms with van der Waals surface area (Å²) < 4.78 is 3.44. The molecule has 0 aliphatic carbocycles. The van der Waals surface area contributed by atoms with Crippen LogP contribution in [0.3, 0.4) is 0 Å². The quantitative estimate of drug-likeness (QED) is 0.387. The largest absolute Gasteiger partial charge is 0.302 e. The van der Waals surface area contributed by atoms with Crippen LogP contribution in [0.2, 0.25) is 0 Å². The number of carbonyl (C=O) groups is 1. The first-order chi connectivity index (χ1) is 13.6. The van der Waals surface area contributed by atoms with Crippen molar-refractivity contribution >= 4 is 50.8 Å². The highest BCUT2D eigenvalue weighted by molar-refractivity contribution is 7.98. The van der Waals surface area contributed by atoms with Gasteiger partial charge in [-0.05, 0) is 12.1 Å². The highest BCUT2D eigenvalue weighted by Crippen LogP contribution is 2.26. The number of para-hydroxylation sites is 1. The molecule has 0 aliphatic rings. The summed E-state index contributed by atoms with van der Waals surface area (Å²) in [5, 5.41) is 14.9. The Hall–Kier alpha value is -2.98. The van der Waals surface area contributed by atoms with Gasteiger partial charge in [0.1, 0.15) is 0 Å². The zero-order chi connectivity index (χ0) is 19.7. The van der Waals surface area contributed by atoms with Crippen LogP contribution in [0.25, 0.3) is 16.7 Å². The zero-order valence-electron chi connectivity index (χ0n) is 15.0. The lowest BCUT2D eigenvalue weighted by Gasteiger charge is -2.09. The van der Waals surface area contributed by atoms with Crippen molar-refractivity contribution in [2.24, 2.45) is 0 Å². The van der Waals surface area contributed by atoms with E-state index in [0.29, 0.717) is 33.7 Å². The van der Waals surface area contributed by atoms with Gasteiger partial charge in [-0.1, -0.05) is 30.0 Å². The number of carbonyl (C=O) groups excluding carboxylic acids is 1. The molecule has 0 saturated heterocycles. The van der Waals surface area contributed by atoms with Crippen molar-refractivity contribution in [2.45, 2.75) is 24.4 Å². The number of aromatic nitrogens is 5. The van der Waals surface area contributed by atoms with Gasteiger partial charge in [0.2, 0.25) is 11.7 Å². The molecule has 0 aliphatic heterocycles. The molecular weight excluding hydrogens is 396 g/mol. The maximum Gasteiger partial charge on any atom is 0.263 e. The second-order valence-corrected chi connectivity index (χ2v) is 7.75. The lowest BCUT2D eigenvalue weighted by molar-refractivity contribution is -0.114. The maximum atomic E-state index is 12.8. The minimum Gasteiger partial charge on any atom is -0.302 e. The van der Waals surface area contributed by atoms with Crippen molar-refractivity contribution in [3.8, 4) is 0 Å². The number of fused-ring (bicyclic) bond motifs is 3. The van der Waals surface area contributed by atoms with Crippen LogP contribution in [-0.2, 0) is 17.1 Å². The summed E-state index contributed by atoms with van der Waals surface area (Å²) in [7, 11) is 0. The number of hydrogen-bond acceptors (Lipinski definition) is 7. The van der Waals surface area contributed by atoms with Crippen LogP contribution in [0.15, 0.2) is 52.3 Å². The molecule has 28 heavy (non-hydrogen) atoms. The molecule has 4 rings (SSSR count). The van der Waals surface area contributed by atoms with Crippen LogP contribution in [0.1, 0.15) is 12.6 Å². The van der Waals surface area contributed by atoms with Crippen LogP contribution < -0.4 is 10.9 Å². The van der Waals surface area contributed by atoms with E-state index < -0.39 is 0 Å². The number of allylic oxidation sites excluding steroid dienone is 1. The van der Waals surface area contributed by atoms with E-state index in [-0.39, 0.29) is 11.5 Å². The number of hydrogen-bond donors (Lipinski definition) is 1. The molecule has 0 spiro atoms. The summed E-state index contributed by atoms with van der Waals surface area (Å²) in [6.07, 6.45) is 1.66. The van der Waals surface area contributed by atoms with Crippen LogP contribution in [0.4, 0.5) is 5.13 Å². The van der Waals surface area contributed by atoms with Gasteiger partial charge in [0.25, 0.3) is 5.56 Å². The fraction of sp³-hybridized carbons (Fsp3) is 0.167. The van der Waals surface area contributed by atoms with Gasteiger partial charge in [0, 0.05) is 24.6 Å². The molecule has 0 saturated carbocycles. The zero-order valence-corrected chi connectivity index (χ0v) is 16.6. The van der Waals surface area contributed by atoms with E-state index in [4.69, 9.17) is 0 Å². The van der Waals surface area contributed by atoms with E-state index >= 15 is 0 Å². The molecule has 3 aromatic heterocycles. The predicted octanol–water partition coefficient (Wildman–Crippen LogP) is 2.94. The van der Waals surface area contributed by atoms with Crippen LogP contribution in [0, 0.1) is 0 Å². The highest BCUT2D eigenvalue weighted by Gasteiger charge is 2.16. The van der Waals surface area contributed by atoms with Crippen molar-refractivity contribution in [1.82, 2.24) is 24.1 Å². The number of thiazole rings is 1. The summed E-state index contributed by atoms with van der Waals surface area (Å²) in [4.78, 5) is 28.3. The third-order valence-corrected chi connectivity index (χ3v) is 5.74. The molecule has 0 atom stereocenters. The molecule has 4 aromatic rings. The number of nitrogens with one attached hydrogen (secondary N) is 1. The smallest absolute Gasteiger partial charge is 0.263 e. The topological polar surface area (TPSA) is 94.2 Å². The monoisotopic (exact) mass is 412 g/mol. The Morgan fingerprint density at radius 2 is 2.18 bits per heavy atom. The summed E-state index contributed by atoms with van der Waals surface area (Å²) in [5.74, 6) is 0.887. The van der Waals surface area contributed by atoms with E-state index in [9.17, 15) is 9.59 Å². The number of nitrogens with zero attached hydrogens (tertiary/aromatic N) is 5. The molecule has 3 heterocycles. The SMILES string of the molecule is C=CCn1c(=O)c2ccccc2n2c(SCc3csc(NC(C)=O)n3)nnc12. The first-order valence-electron chi connectivity index (χ1n) is 8.41. The van der Waals surface area contributed by atoms with E-state index in [0.717, 1.165) is 11.2 Å². The number of anilines is 1. The number of thioether (sulfide) groups is 1. The van der Waals surface area contributed by atoms with Gasteiger partial charge >= 0.3 is 0 Å². The molecule has 1 N–H and O–H groups in total. The van der Waals surface area contributed by atoms with Crippen molar-refractivity contribution in [3.05, 3.63) is 58.3 Å². The second-order valence-electron chi connectivity index (χ2n) is 5.95. The third kappa shape index (κ3) is 3.32. The van der Waals surface area contributed by atoms with Crippen LogP contribution >= 0.6 is 23.1 Å². The normalized spacial score (nSPS) is 11.2. The minimum absolute atomic E-state index is 0.119. The minimum atomic E-state index is -0.149. The van der Waals surface area contributed by atoms with E-state index in [1.807, 2.05) is 28.0 Å². The average molecular weight is 413 g/mol. The lowest BCUT2D eigenvalue weighted by Crippen LogP contribution is -2.22. The molecule has 1 amide bonds. The Labute approximate surface area is 167 Å². The molecule has 0 unspecified atom stereocenters.